The Kier molecular flexibility index (Phi) is 5.80. The van der Waals surface area contributed by atoms with Gasteiger partial charge in [0.1, 0.15) is 6.54 Å². The highest BCUT2D eigenvalue weighted by Crippen LogP contribution is 2.35. The molecule has 5 nitrogen and oxygen atoms in total. The fraction of sp³-hybridized carbons (Fsp3) is 0.148. The van der Waals surface area contributed by atoms with Crippen LogP contribution in [-0.2, 0) is 27.7 Å². The maximum Gasteiger partial charge on any atom is 0.264 e. The summed E-state index contributed by atoms with van der Waals surface area (Å²) in [6, 6.07) is 23.0. The SMILES string of the molecule is Cc1ccc(S(=O)(=O)N(CC(=O)Nc2ccc3c4c(cccc24)CC3)c2ccc(Cl)cc2)cc1. The molecule has 1 aliphatic rings. The zero-order chi connectivity index (χ0) is 23.9. The van der Waals surface area contributed by atoms with Crippen LogP contribution in [0.25, 0.3) is 10.8 Å². The third-order valence-corrected chi connectivity index (χ3v) is 8.20. The summed E-state index contributed by atoms with van der Waals surface area (Å²) in [6.45, 7) is 1.51. The molecule has 0 saturated heterocycles. The van der Waals surface area contributed by atoms with Gasteiger partial charge in [-0.25, -0.2) is 8.42 Å². The molecule has 0 unspecified atom stereocenters. The molecule has 34 heavy (non-hydrogen) atoms. The number of rotatable bonds is 6. The number of amides is 1. The molecule has 0 atom stereocenters. The van der Waals surface area contributed by atoms with Crippen LogP contribution in [0.4, 0.5) is 11.4 Å². The van der Waals surface area contributed by atoms with E-state index in [1.54, 1.807) is 48.5 Å². The monoisotopic (exact) mass is 490 g/mol. The second-order valence-corrected chi connectivity index (χ2v) is 10.8. The molecule has 0 fully saturated rings. The number of nitrogens with zero attached hydrogens (tertiary/aromatic N) is 1. The molecule has 5 rings (SSSR count). The van der Waals surface area contributed by atoms with Crippen LogP contribution >= 0.6 is 11.6 Å². The summed E-state index contributed by atoms with van der Waals surface area (Å²) in [6.07, 6.45) is 1.98. The highest BCUT2D eigenvalue weighted by molar-refractivity contribution is 7.92. The first-order valence-corrected chi connectivity index (χ1v) is 12.8. The smallest absolute Gasteiger partial charge is 0.264 e. The fourth-order valence-electron chi connectivity index (χ4n) is 4.44. The highest BCUT2D eigenvalue weighted by Gasteiger charge is 2.27. The van der Waals surface area contributed by atoms with Gasteiger partial charge in [-0.1, -0.05) is 53.6 Å². The zero-order valence-electron chi connectivity index (χ0n) is 18.6. The molecule has 0 bridgehead atoms. The third kappa shape index (κ3) is 4.15. The normalized spacial score (nSPS) is 12.6. The van der Waals surface area contributed by atoms with Crippen molar-refractivity contribution < 1.29 is 13.2 Å². The van der Waals surface area contributed by atoms with E-state index in [1.165, 1.54) is 16.5 Å². The molecule has 0 radical (unpaired) electrons. The summed E-state index contributed by atoms with van der Waals surface area (Å²) < 4.78 is 28.2. The molecule has 172 valence electrons. The number of aryl methyl sites for hydroxylation is 3. The average molecular weight is 491 g/mol. The maximum absolute atomic E-state index is 13.5. The van der Waals surface area contributed by atoms with Crippen molar-refractivity contribution in [2.45, 2.75) is 24.7 Å². The van der Waals surface area contributed by atoms with E-state index in [1.807, 2.05) is 31.2 Å². The van der Waals surface area contributed by atoms with Crippen molar-refractivity contribution in [1.82, 2.24) is 0 Å². The van der Waals surface area contributed by atoms with Crippen molar-refractivity contribution in [2.75, 3.05) is 16.2 Å². The van der Waals surface area contributed by atoms with Gasteiger partial charge in [-0.05, 0) is 78.7 Å². The van der Waals surface area contributed by atoms with Gasteiger partial charge in [0.15, 0.2) is 0 Å². The van der Waals surface area contributed by atoms with E-state index in [9.17, 15) is 13.2 Å². The minimum Gasteiger partial charge on any atom is -0.324 e. The van der Waals surface area contributed by atoms with Crippen LogP contribution in [0.3, 0.4) is 0 Å². The summed E-state index contributed by atoms with van der Waals surface area (Å²) in [5.74, 6) is -0.427. The second-order valence-electron chi connectivity index (χ2n) is 8.46. The molecule has 0 aliphatic heterocycles. The number of anilines is 2. The Balaban J connectivity index is 1.48. The first kappa shape index (κ1) is 22.4. The van der Waals surface area contributed by atoms with E-state index in [0.29, 0.717) is 16.4 Å². The van der Waals surface area contributed by atoms with Gasteiger partial charge in [-0.3, -0.25) is 9.10 Å². The minimum atomic E-state index is -3.99. The maximum atomic E-state index is 13.5. The van der Waals surface area contributed by atoms with E-state index >= 15 is 0 Å². The average Bonchev–Trinajstić information content (AvgIpc) is 3.25. The Morgan fingerprint density at radius 2 is 1.59 bits per heavy atom. The lowest BCUT2D eigenvalue weighted by molar-refractivity contribution is -0.114. The molecule has 0 spiro atoms. The molecule has 7 heteroatoms. The van der Waals surface area contributed by atoms with Gasteiger partial charge in [-0.2, -0.15) is 0 Å². The lowest BCUT2D eigenvalue weighted by Crippen LogP contribution is -2.38. The van der Waals surface area contributed by atoms with Crippen LogP contribution in [0, 0.1) is 6.92 Å². The predicted octanol–water partition coefficient (Wildman–Crippen LogP) is 5.73. The number of carbonyl (C=O) groups excluding carboxylic acids is 1. The Bertz CT molecular complexity index is 1490. The Labute approximate surface area is 204 Å². The van der Waals surface area contributed by atoms with Gasteiger partial charge in [0.2, 0.25) is 5.91 Å². The van der Waals surface area contributed by atoms with Crippen LogP contribution in [-0.4, -0.2) is 20.9 Å². The summed E-state index contributed by atoms with van der Waals surface area (Å²) in [5.41, 5.74) is 4.53. The molecular weight excluding hydrogens is 468 g/mol. The van der Waals surface area contributed by atoms with Crippen LogP contribution in [0.5, 0.6) is 0 Å². The number of benzene rings is 4. The number of hydrogen-bond acceptors (Lipinski definition) is 3. The molecule has 4 aromatic carbocycles. The topological polar surface area (TPSA) is 66.5 Å². The van der Waals surface area contributed by atoms with Crippen molar-refractivity contribution in [1.29, 1.82) is 0 Å². The van der Waals surface area contributed by atoms with Crippen LogP contribution < -0.4 is 9.62 Å². The van der Waals surface area contributed by atoms with Gasteiger partial charge in [0.05, 0.1) is 10.6 Å². The minimum absolute atomic E-state index is 0.117. The van der Waals surface area contributed by atoms with Crippen molar-refractivity contribution in [2.24, 2.45) is 0 Å². The Morgan fingerprint density at radius 3 is 2.29 bits per heavy atom. The van der Waals surface area contributed by atoms with Gasteiger partial charge < -0.3 is 5.32 Å². The van der Waals surface area contributed by atoms with E-state index in [2.05, 4.69) is 11.4 Å². The lowest BCUT2D eigenvalue weighted by Gasteiger charge is -2.24. The highest BCUT2D eigenvalue weighted by atomic mass is 35.5. The van der Waals surface area contributed by atoms with E-state index in [0.717, 1.165) is 28.1 Å². The quantitative estimate of drug-likeness (QED) is 0.375. The molecule has 0 heterocycles. The Morgan fingerprint density at radius 1 is 0.912 bits per heavy atom. The van der Waals surface area contributed by atoms with E-state index < -0.39 is 15.9 Å². The standard InChI is InChI=1S/C27H23ClN2O3S/c1-18-5-14-23(15-6-18)34(32,33)30(22-12-10-21(28)11-13-22)17-26(31)29-25-16-9-20-8-7-19-3-2-4-24(25)27(19)20/h2-6,9-16H,7-8,17H2,1H3,(H,29,31). The number of halogens is 1. The van der Waals surface area contributed by atoms with Crippen molar-refractivity contribution >= 4 is 49.7 Å². The van der Waals surface area contributed by atoms with E-state index in [-0.39, 0.29) is 11.4 Å². The van der Waals surface area contributed by atoms with Crippen LogP contribution in [0.15, 0.2) is 83.8 Å². The van der Waals surface area contributed by atoms with Crippen LogP contribution in [0.2, 0.25) is 5.02 Å². The molecule has 1 amide bonds. The number of hydrogen-bond donors (Lipinski definition) is 1. The molecule has 4 aromatic rings. The molecule has 0 saturated carbocycles. The fourth-order valence-corrected chi connectivity index (χ4v) is 5.98. The van der Waals surface area contributed by atoms with E-state index in [4.69, 9.17) is 11.6 Å². The van der Waals surface area contributed by atoms with Gasteiger partial charge in [-0.15, -0.1) is 0 Å². The summed E-state index contributed by atoms with van der Waals surface area (Å²) in [4.78, 5) is 13.3. The van der Waals surface area contributed by atoms with Gasteiger partial charge >= 0.3 is 0 Å². The molecular formula is C27H23ClN2O3S. The first-order chi connectivity index (χ1) is 16.3. The van der Waals surface area contributed by atoms with Crippen molar-refractivity contribution in [3.8, 4) is 0 Å². The molecule has 1 N–H and O–H groups in total. The zero-order valence-corrected chi connectivity index (χ0v) is 20.2. The van der Waals surface area contributed by atoms with Crippen LogP contribution in [0.1, 0.15) is 16.7 Å². The summed E-state index contributed by atoms with van der Waals surface area (Å²) in [5, 5.41) is 5.58. The predicted molar refractivity (Wildman–Crippen MR) is 137 cm³/mol. The first-order valence-electron chi connectivity index (χ1n) is 11.0. The third-order valence-electron chi connectivity index (χ3n) is 6.16. The number of sulfonamides is 1. The number of carbonyl (C=O) groups is 1. The summed E-state index contributed by atoms with van der Waals surface area (Å²) >= 11 is 6.02. The van der Waals surface area contributed by atoms with Crippen molar-refractivity contribution in [3.63, 3.8) is 0 Å². The van der Waals surface area contributed by atoms with Gasteiger partial charge in [0.25, 0.3) is 10.0 Å². The second kappa shape index (κ2) is 8.78. The molecule has 0 aromatic heterocycles. The molecule has 1 aliphatic carbocycles. The largest absolute Gasteiger partial charge is 0.324 e. The van der Waals surface area contributed by atoms with Gasteiger partial charge in [0, 0.05) is 16.1 Å². The summed E-state index contributed by atoms with van der Waals surface area (Å²) in [7, 11) is -3.99. The number of nitrogens with one attached hydrogen (secondary N) is 1. The van der Waals surface area contributed by atoms with Crippen molar-refractivity contribution in [3.05, 3.63) is 101 Å². The lowest BCUT2D eigenvalue weighted by atomic mass is 10.0. The Hall–Kier alpha value is -3.35.